The molecule has 0 fully saturated rings. The van der Waals surface area contributed by atoms with E-state index in [-0.39, 0.29) is 22.2 Å². The van der Waals surface area contributed by atoms with Crippen molar-refractivity contribution >= 4 is 58.5 Å². The number of rotatable bonds is 11. The Morgan fingerprint density at radius 2 is 1.64 bits per heavy atom. The number of methoxy groups -OCH3 is 2. The molecule has 0 aliphatic carbocycles. The van der Waals surface area contributed by atoms with Crippen LogP contribution in [-0.2, 0) is 9.59 Å². The maximum atomic E-state index is 14.6. The fraction of sp³-hybridized carbons (Fsp3) is 0.121. The van der Waals surface area contributed by atoms with Crippen LogP contribution >= 0.6 is 23.4 Å². The third kappa shape index (κ3) is 8.40. The highest BCUT2D eigenvalue weighted by atomic mass is 35.5. The number of nitrogens with one attached hydrogen (secondary N) is 3. The first-order valence-electron chi connectivity index (χ1n) is 13.3. The van der Waals surface area contributed by atoms with Gasteiger partial charge in [-0.25, -0.2) is 4.39 Å². The van der Waals surface area contributed by atoms with Crippen LogP contribution in [0.25, 0.3) is 6.08 Å². The average molecular weight is 634 g/mol. The van der Waals surface area contributed by atoms with Crippen LogP contribution in [0.1, 0.15) is 22.8 Å². The molecule has 0 aromatic heterocycles. The highest BCUT2D eigenvalue weighted by Gasteiger charge is 2.19. The number of anilines is 2. The van der Waals surface area contributed by atoms with Crippen molar-refractivity contribution in [3.05, 3.63) is 119 Å². The minimum atomic E-state index is -0.701. The lowest BCUT2D eigenvalue weighted by Crippen LogP contribution is -2.30. The van der Waals surface area contributed by atoms with Crippen LogP contribution in [0.15, 0.2) is 102 Å². The van der Waals surface area contributed by atoms with Gasteiger partial charge < -0.3 is 25.4 Å². The van der Waals surface area contributed by atoms with Gasteiger partial charge in [0.05, 0.1) is 30.2 Å². The van der Waals surface area contributed by atoms with Crippen LogP contribution in [0.3, 0.4) is 0 Å². The van der Waals surface area contributed by atoms with Crippen molar-refractivity contribution in [2.75, 3.05) is 24.9 Å². The summed E-state index contributed by atoms with van der Waals surface area (Å²) in [5.74, 6) is -1.13. The number of halogens is 2. The third-order valence-electron chi connectivity index (χ3n) is 6.26. The summed E-state index contributed by atoms with van der Waals surface area (Å²) in [6.07, 6.45) is 1.19. The van der Waals surface area contributed by atoms with Crippen LogP contribution < -0.4 is 25.4 Å². The Morgan fingerprint density at radius 1 is 0.886 bits per heavy atom. The van der Waals surface area contributed by atoms with E-state index >= 15 is 0 Å². The van der Waals surface area contributed by atoms with Gasteiger partial charge in [0.25, 0.3) is 11.8 Å². The van der Waals surface area contributed by atoms with E-state index in [1.807, 2.05) is 0 Å². The number of benzene rings is 4. The highest BCUT2D eigenvalue weighted by Crippen LogP contribution is 2.31. The second kappa shape index (κ2) is 15.1. The maximum absolute atomic E-state index is 14.6. The molecule has 44 heavy (non-hydrogen) atoms. The summed E-state index contributed by atoms with van der Waals surface area (Å²) in [6.45, 7) is 1.75. The SMILES string of the molecule is COc1ccc(NC(=O)C(C)Sc2cccc(NC(=O)/C(=C\c3c(F)cccc3Cl)NC(=O)c3ccccc3)c2)c(OC)c1. The number of carbonyl (C=O) groups excluding carboxylic acids is 3. The molecule has 0 aliphatic heterocycles. The van der Waals surface area contributed by atoms with Crippen molar-refractivity contribution in [3.63, 3.8) is 0 Å². The molecule has 0 aliphatic rings. The lowest BCUT2D eigenvalue weighted by atomic mass is 10.1. The molecular weight excluding hydrogens is 605 g/mol. The van der Waals surface area contributed by atoms with Crippen molar-refractivity contribution in [1.29, 1.82) is 0 Å². The van der Waals surface area contributed by atoms with Gasteiger partial charge in [0, 0.05) is 27.8 Å². The number of thioether (sulfide) groups is 1. The van der Waals surface area contributed by atoms with Crippen LogP contribution in [0.5, 0.6) is 11.5 Å². The zero-order valence-corrected chi connectivity index (χ0v) is 25.6. The average Bonchev–Trinajstić information content (AvgIpc) is 3.02. The summed E-state index contributed by atoms with van der Waals surface area (Å²) in [5, 5.41) is 7.72. The standard InChI is InChI=1S/C33H29ClFN3O5S/c1-20(31(39)37-28-16-15-23(42-2)18-30(28)43-3)44-24-12-7-11-22(17-24)36-33(41)29(19-25-26(34)13-8-14-27(25)35)38-32(40)21-9-5-4-6-10-21/h4-20H,1-3H3,(H,36,41)(H,37,39)(H,38,40)/b29-19+. The summed E-state index contributed by atoms with van der Waals surface area (Å²) >= 11 is 7.47. The van der Waals surface area contributed by atoms with Gasteiger partial charge in [0.1, 0.15) is 23.0 Å². The summed E-state index contributed by atoms with van der Waals surface area (Å²) in [4.78, 5) is 40.0. The first kappa shape index (κ1) is 32.1. The first-order chi connectivity index (χ1) is 21.2. The predicted octanol–water partition coefficient (Wildman–Crippen LogP) is 7.03. The molecule has 226 valence electrons. The fourth-order valence-corrected chi connectivity index (χ4v) is 5.12. The van der Waals surface area contributed by atoms with Gasteiger partial charge in [-0.1, -0.05) is 41.9 Å². The van der Waals surface area contributed by atoms with Crippen LogP contribution in [0.4, 0.5) is 15.8 Å². The molecule has 0 bridgehead atoms. The summed E-state index contributed by atoms with van der Waals surface area (Å²) in [5.41, 5.74) is 0.932. The Morgan fingerprint density at radius 3 is 2.34 bits per heavy atom. The second-order valence-electron chi connectivity index (χ2n) is 9.31. The molecule has 0 heterocycles. The van der Waals surface area contributed by atoms with Crippen molar-refractivity contribution in [3.8, 4) is 11.5 Å². The molecule has 0 spiro atoms. The zero-order valence-electron chi connectivity index (χ0n) is 24.0. The summed E-state index contributed by atoms with van der Waals surface area (Å²) < 4.78 is 25.2. The molecule has 4 rings (SSSR count). The van der Waals surface area contributed by atoms with Gasteiger partial charge in [0.2, 0.25) is 5.91 Å². The zero-order chi connectivity index (χ0) is 31.6. The molecule has 11 heteroatoms. The van der Waals surface area contributed by atoms with E-state index in [1.54, 1.807) is 86.8 Å². The second-order valence-corrected chi connectivity index (χ2v) is 11.1. The highest BCUT2D eigenvalue weighted by molar-refractivity contribution is 8.00. The smallest absolute Gasteiger partial charge is 0.272 e. The van der Waals surface area contributed by atoms with Gasteiger partial charge in [-0.05, 0) is 67.6 Å². The van der Waals surface area contributed by atoms with Crippen molar-refractivity contribution < 1.29 is 28.2 Å². The van der Waals surface area contributed by atoms with Crippen LogP contribution in [0.2, 0.25) is 5.02 Å². The van der Waals surface area contributed by atoms with E-state index in [2.05, 4.69) is 16.0 Å². The van der Waals surface area contributed by atoms with E-state index < -0.39 is 22.9 Å². The molecule has 3 N–H and O–H groups in total. The van der Waals surface area contributed by atoms with Crippen LogP contribution in [-0.4, -0.2) is 37.2 Å². The fourth-order valence-electron chi connectivity index (χ4n) is 3.97. The molecule has 0 saturated carbocycles. The number of ether oxygens (including phenoxy) is 2. The molecule has 4 aromatic rings. The van der Waals surface area contributed by atoms with Gasteiger partial charge in [0.15, 0.2) is 0 Å². The van der Waals surface area contributed by atoms with E-state index in [0.717, 1.165) is 0 Å². The number of carbonyl (C=O) groups is 3. The largest absolute Gasteiger partial charge is 0.497 e. The molecule has 3 amide bonds. The third-order valence-corrected chi connectivity index (χ3v) is 7.68. The van der Waals surface area contributed by atoms with Gasteiger partial charge >= 0.3 is 0 Å². The lowest BCUT2D eigenvalue weighted by Gasteiger charge is -2.16. The van der Waals surface area contributed by atoms with Gasteiger partial charge in [-0.2, -0.15) is 0 Å². The summed E-state index contributed by atoms with van der Waals surface area (Å²) in [6, 6.07) is 24.4. The number of amides is 3. The Balaban J connectivity index is 1.50. The van der Waals surface area contributed by atoms with Crippen molar-refractivity contribution in [2.24, 2.45) is 0 Å². The van der Waals surface area contributed by atoms with Crippen molar-refractivity contribution in [1.82, 2.24) is 5.32 Å². The molecule has 1 atom stereocenters. The van der Waals surface area contributed by atoms with Gasteiger partial charge in [-0.3, -0.25) is 14.4 Å². The minimum Gasteiger partial charge on any atom is -0.497 e. The quantitative estimate of drug-likeness (QED) is 0.121. The van der Waals surface area contributed by atoms with E-state index in [0.29, 0.717) is 33.3 Å². The van der Waals surface area contributed by atoms with Crippen LogP contribution in [0, 0.1) is 5.82 Å². The number of hydrogen-bond donors (Lipinski definition) is 3. The maximum Gasteiger partial charge on any atom is 0.272 e. The topological polar surface area (TPSA) is 106 Å². The first-order valence-corrected chi connectivity index (χ1v) is 14.6. The molecule has 1 unspecified atom stereocenters. The molecule has 0 saturated heterocycles. The predicted molar refractivity (Wildman–Crippen MR) is 172 cm³/mol. The minimum absolute atomic E-state index is 0.0506. The Labute approximate surface area is 263 Å². The van der Waals surface area contributed by atoms with Gasteiger partial charge in [-0.15, -0.1) is 11.8 Å². The molecule has 4 aromatic carbocycles. The van der Waals surface area contributed by atoms with E-state index in [9.17, 15) is 18.8 Å². The summed E-state index contributed by atoms with van der Waals surface area (Å²) in [7, 11) is 3.04. The van der Waals surface area contributed by atoms with Crippen molar-refractivity contribution in [2.45, 2.75) is 17.1 Å². The Kier molecular flexibility index (Phi) is 11.0. The molecule has 0 radical (unpaired) electrons. The number of hydrogen-bond acceptors (Lipinski definition) is 6. The Bertz CT molecular complexity index is 1680. The molecular formula is C33H29ClFN3O5S. The monoisotopic (exact) mass is 633 g/mol. The normalized spacial score (nSPS) is 11.7. The lowest BCUT2D eigenvalue weighted by molar-refractivity contribution is -0.115. The molecule has 8 nitrogen and oxygen atoms in total. The Hall–Kier alpha value is -4.80. The van der Waals surface area contributed by atoms with E-state index in [1.165, 1.54) is 43.1 Å². The van der Waals surface area contributed by atoms with E-state index in [4.69, 9.17) is 21.1 Å².